The van der Waals surface area contributed by atoms with Crippen LogP contribution in [-0.2, 0) is 12.0 Å². The summed E-state index contributed by atoms with van der Waals surface area (Å²) >= 11 is 0. The van der Waals surface area contributed by atoms with Crippen LogP contribution in [0.25, 0.3) is 0 Å². The van der Waals surface area contributed by atoms with E-state index in [1.54, 1.807) is 26.6 Å². The van der Waals surface area contributed by atoms with Gasteiger partial charge in [-0.25, -0.2) is 0 Å². The van der Waals surface area contributed by atoms with Gasteiger partial charge in [-0.1, -0.05) is 24.3 Å². The van der Waals surface area contributed by atoms with Gasteiger partial charge < -0.3 is 14.6 Å². The predicted molar refractivity (Wildman–Crippen MR) is 96.9 cm³/mol. The normalized spacial score (nSPS) is 11.2. The van der Waals surface area contributed by atoms with Gasteiger partial charge in [-0.15, -0.1) is 0 Å². The van der Waals surface area contributed by atoms with Crippen LogP contribution < -0.4 is 9.47 Å². The zero-order valence-corrected chi connectivity index (χ0v) is 14.3. The molecule has 0 aliphatic rings. The van der Waals surface area contributed by atoms with Crippen molar-refractivity contribution >= 4 is 0 Å². The number of hydrogen-bond acceptors (Lipinski definition) is 4. The summed E-state index contributed by atoms with van der Waals surface area (Å²) < 4.78 is 10.7. The molecule has 4 nitrogen and oxygen atoms in total. The highest BCUT2D eigenvalue weighted by molar-refractivity contribution is 5.44. The molecule has 0 unspecified atom stereocenters. The van der Waals surface area contributed by atoms with Crippen molar-refractivity contribution in [1.29, 1.82) is 0 Å². The Kier molecular flexibility index (Phi) is 5.00. The second-order valence-corrected chi connectivity index (χ2v) is 5.86. The summed E-state index contributed by atoms with van der Waals surface area (Å²) in [6.07, 6.45) is 3.87. The number of pyridine rings is 1. The van der Waals surface area contributed by atoms with Gasteiger partial charge in [0, 0.05) is 18.8 Å². The summed E-state index contributed by atoms with van der Waals surface area (Å²) in [4.78, 5) is 4.05. The molecular formula is C21H21NO3. The highest BCUT2D eigenvalue weighted by Crippen LogP contribution is 2.36. The molecule has 0 fully saturated rings. The Hall–Kier alpha value is -2.85. The minimum Gasteiger partial charge on any atom is -0.497 e. The van der Waals surface area contributed by atoms with Gasteiger partial charge in [0.05, 0.1) is 14.2 Å². The minimum absolute atomic E-state index is 0.413. The molecule has 0 aliphatic heterocycles. The van der Waals surface area contributed by atoms with E-state index in [0.717, 1.165) is 16.7 Å². The Morgan fingerprint density at radius 3 is 1.84 bits per heavy atom. The standard InChI is InChI=1S/C21H21NO3/c1-24-19-7-3-5-17(13-19)21(23,15-16-9-11-22-12-10-16)18-6-4-8-20(14-18)25-2/h3-14,23H,15H2,1-2H3. The molecule has 1 aromatic heterocycles. The maximum atomic E-state index is 11.7. The van der Waals surface area contributed by atoms with Gasteiger partial charge in [-0.05, 0) is 53.1 Å². The van der Waals surface area contributed by atoms with E-state index in [-0.39, 0.29) is 0 Å². The number of hydrogen-bond donors (Lipinski definition) is 1. The summed E-state index contributed by atoms with van der Waals surface area (Å²) in [5, 5.41) is 11.7. The third-order valence-electron chi connectivity index (χ3n) is 4.30. The first kappa shape index (κ1) is 17.0. The largest absolute Gasteiger partial charge is 0.497 e. The van der Waals surface area contributed by atoms with Gasteiger partial charge in [-0.2, -0.15) is 0 Å². The zero-order chi connectivity index (χ0) is 17.7. The van der Waals surface area contributed by atoms with Crippen LogP contribution >= 0.6 is 0 Å². The van der Waals surface area contributed by atoms with E-state index >= 15 is 0 Å². The number of rotatable bonds is 6. The van der Waals surface area contributed by atoms with E-state index in [9.17, 15) is 5.11 Å². The van der Waals surface area contributed by atoms with Crippen molar-refractivity contribution in [1.82, 2.24) is 4.98 Å². The van der Waals surface area contributed by atoms with Crippen LogP contribution in [-0.4, -0.2) is 24.3 Å². The summed E-state index contributed by atoms with van der Waals surface area (Å²) in [6.45, 7) is 0. The van der Waals surface area contributed by atoms with Crippen molar-refractivity contribution < 1.29 is 14.6 Å². The Labute approximate surface area is 147 Å². The second-order valence-electron chi connectivity index (χ2n) is 5.86. The predicted octanol–water partition coefficient (Wildman–Crippen LogP) is 3.58. The van der Waals surface area contributed by atoms with Crippen LogP contribution in [0.5, 0.6) is 11.5 Å². The summed E-state index contributed by atoms with van der Waals surface area (Å²) in [5.74, 6) is 1.40. The van der Waals surface area contributed by atoms with Gasteiger partial charge in [0.1, 0.15) is 17.1 Å². The Bertz CT molecular complexity index is 786. The molecule has 3 rings (SSSR count). The van der Waals surface area contributed by atoms with Gasteiger partial charge in [-0.3, -0.25) is 4.98 Å². The molecule has 0 aliphatic carbocycles. The Morgan fingerprint density at radius 2 is 1.36 bits per heavy atom. The first-order valence-electron chi connectivity index (χ1n) is 8.06. The van der Waals surface area contributed by atoms with Crippen molar-refractivity contribution in [2.45, 2.75) is 12.0 Å². The van der Waals surface area contributed by atoms with Gasteiger partial charge in [0.15, 0.2) is 0 Å². The fraction of sp³-hybridized carbons (Fsp3) is 0.190. The monoisotopic (exact) mass is 335 g/mol. The Balaban J connectivity index is 2.12. The molecule has 0 radical (unpaired) electrons. The van der Waals surface area contributed by atoms with Crippen LogP contribution in [0.4, 0.5) is 0 Å². The lowest BCUT2D eigenvalue weighted by Gasteiger charge is -2.30. The average molecular weight is 335 g/mol. The van der Waals surface area contributed by atoms with Crippen molar-refractivity contribution in [3.63, 3.8) is 0 Å². The first-order valence-corrected chi connectivity index (χ1v) is 8.06. The molecule has 0 atom stereocenters. The molecule has 0 bridgehead atoms. The summed E-state index contributed by atoms with van der Waals surface area (Å²) in [5.41, 5.74) is 1.29. The molecule has 1 N–H and O–H groups in total. The van der Waals surface area contributed by atoms with Crippen LogP contribution in [0.2, 0.25) is 0 Å². The maximum Gasteiger partial charge on any atom is 0.119 e. The van der Waals surface area contributed by atoms with E-state index in [4.69, 9.17) is 9.47 Å². The van der Waals surface area contributed by atoms with E-state index in [1.165, 1.54) is 0 Å². The SMILES string of the molecule is COc1cccc(C(O)(Cc2ccncc2)c2cccc(OC)c2)c1. The second kappa shape index (κ2) is 7.36. The number of nitrogens with zero attached hydrogens (tertiary/aromatic N) is 1. The molecule has 1 heterocycles. The third-order valence-corrected chi connectivity index (χ3v) is 4.30. The van der Waals surface area contributed by atoms with E-state index in [1.807, 2.05) is 60.7 Å². The lowest BCUT2D eigenvalue weighted by Crippen LogP contribution is -2.30. The topological polar surface area (TPSA) is 51.6 Å². The lowest BCUT2D eigenvalue weighted by atomic mass is 9.81. The molecule has 128 valence electrons. The zero-order valence-electron chi connectivity index (χ0n) is 14.3. The highest BCUT2D eigenvalue weighted by Gasteiger charge is 2.32. The molecular weight excluding hydrogens is 314 g/mol. The molecule has 4 heteroatoms. The number of aromatic nitrogens is 1. The van der Waals surface area contributed by atoms with Crippen LogP contribution in [0.1, 0.15) is 16.7 Å². The fourth-order valence-corrected chi connectivity index (χ4v) is 2.93. The van der Waals surface area contributed by atoms with E-state index < -0.39 is 5.60 Å². The number of aliphatic hydroxyl groups is 1. The minimum atomic E-state index is -1.22. The molecule has 3 aromatic rings. The smallest absolute Gasteiger partial charge is 0.119 e. The molecule has 0 saturated carbocycles. The van der Waals surface area contributed by atoms with Crippen molar-refractivity contribution in [2.24, 2.45) is 0 Å². The first-order chi connectivity index (χ1) is 12.2. The molecule has 0 amide bonds. The summed E-state index contributed by atoms with van der Waals surface area (Å²) in [7, 11) is 3.24. The molecule has 0 spiro atoms. The van der Waals surface area contributed by atoms with Crippen LogP contribution in [0.3, 0.4) is 0 Å². The average Bonchev–Trinajstić information content (AvgIpc) is 2.68. The van der Waals surface area contributed by atoms with Crippen molar-refractivity contribution in [2.75, 3.05) is 14.2 Å². The third kappa shape index (κ3) is 3.64. The van der Waals surface area contributed by atoms with Crippen molar-refractivity contribution in [3.05, 3.63) is 89.7 Å². The molecule has 0 saturated heterocycles. The lowest BCUT2D eigenvalue weighted by molar-refractivity contribution is 0.0806. The summed E-state index contributed by atoms with van der Waals surface area (Å²) in [6, 6.07) is 18.8. The number of benzene rings is 2. The Morgan fingerprint density at radius 1 is 0.840 bits per heavy atom. The highest BCUT2D eigenvalue weighted by atomic mass is 16.5. The van der Waals surface area contributed by atoms with Crippen LogP contribution in [0.15, 0.2) is 73.1 Å². The molecule has 2 aromatic carbocycles. The van der Waals surface area contributed by atoms with Crippen molar-refractivity contribution in [3.8, 4) is 11.5 Å². The maximum absolute atomic E-state index is 11.7. The van der Waals surface area contributed by atoms with Crippen LogP contribution in [0, 0.1) is 0 Å². The van der Waals surface area contributed by atoms with E-state index in [2.05, 4.69) is 4.98 Å². The fourth-order valence-electron chi connectivity index (χ4n) is 2.93. The number of ether oxygens (including phenoxy) is 2. The van der Waals surface area contributed by atoms with Gasteiger partial charge in [0.25, 0.3) is 0 Å². The van der Waals surface area contributed by atoms with E-state index in [0.29, 0.717) is 17.9 Å². The van der Waals surface area contributed by atoms with Gasteiger partial charge in [0.2, 0.25) is 0 Å². The van der Waals surface area contributed by atoms with Gasteiger partial charge >= 0.3 is 0 Å². The number of methoxy groups -OCH3 is 2. The molecule has 25 heavy (non-hydrogen) atoms. The quantitative estimate of drug-likeness (QED) is 0.748.